The van der Waals surface area contributed by atoms with E-state index in [-0.39, 0.29) is 17.8 Å². The van der Waals surface area contributed by atoms with E-state index in [1.807, 2.05) is 0 Å². The Bertz CT molecular complexity index is 426. The number of fused-ring (bicyclic) bond motifs is 3. The summed E-state index contributed by atoms with van der Waals surface area (Å²) in [6.45, 7) is 0. The topological polar surface area (TPSA) is 66.8 Å². The van der Waals surface area contributed by atoms with E-state index in [9.17, 15) is 9.90 Å². The summed E-state index contributed by atoms with van der Waals surface area (Å²) in [7, 11) is 0. The molecule has 0 bridgehead atoms. The first-order chi connectivity index (χ1) is 6.68. The van der Waals surface area contributed by atoms with Crippen molar-refractivity contribution in [3.63, 3.8) is 0 Å². The predicted molar refractivity (Wildman–Crippen MR) is 46.4 cm³/mol. The Morgan fingerprint density at radius 2 is 2.21 bits per heavy atom. The summed E-state index contributed by atoms with van der Waals surface area (Å²) >= 11 is 0. The minimum atomic E-state index is -0.825. The third kappa shape index (κ3) is 0.801. The number of carbonyl (C=O) groups is 1. The molecule has 1 heterocycles. The van der Waals surface area contributed by atoms with E-state index in [4.69, 9.17) is 9.84 Å². The maximum atomic E-state index is 10.7. The van der Waals surface area contributed by atoms with E-state index >= 15 is 0 Å². The number of carboxylic acids is 1. The fourth-order valence-electron chi connectivity index (χ4n) is 2.14. The summed E-state index contributed by atoms with van der Waals surface area (Å²) in [5.74, 6) is -0.452. The van der Waals surface area contributed by atoms with Gasteiger partial charge in [0, 0.05) is 11.5 Å². The summed E-state index contributed by atoms with van der Waals surface area (Å²) in [5.41, 5.74) is 0.822. The number of ether oxygens (including phenoxy) is 1. The molecule has 3 rings (SSSR count). The lowest BCUT2D eigenvalue weighted by molar-refractivity contribution is -0.139. The molecule has 1 saturated carbocycles. The van der Waals surface area contributed by atoms with E-state index in [0.29, 0.717) is 5.75 Å². The SMILES string of the molecule is O=C(O)[C@@H]1C2Oc3ccc(O)cc3[C@H]21. The number of hydrogen-bond donors (Lipinski definition) is 2. The number of aromatic hydroxyl groups is 1. The van der Waals surface area contributed by atoms with Crippen molar-refractivity contribution in [1.82, 2.24) is 0 Å². The van der Waals surface area contributed by atoms with Gasteiger partial charge in [-0.2, -0.15) is 0 Å². The third-order valence-electron chi connectivity index (χ3n) is 2.85. The maximum Gasteiger partial charge on any atom is 0.311 e. The number of rotatable bonds is 1. The second-order valence-electron chi connectivity index (χ2n) is 3.69. The quantitative estimate of drug-likeness (QED) is 0.695. The number of phenolic OH excluding ortho intramolecular Hbond substituents is 1. The zero-order valence-electron chi connectivity index (χ0n) is 7.18. The van der Waals surface area contributed by atoms with Gasteiger partial charge in [0.05, 0.1) is 0 Å². The molecule has 1 aliphatic heterocycles. The largest absolute Gasteiger partial charge is 0.508 e. The van der Waals surface area contributed by atoms with Gasteiger partial charge in [0.25, 0.3) is 0 Å². The summed E-state index contributed by atoms with van der Waals surface area (Å²) in [6, 6.07) is 4.80. The average Bonchev–Trinajstić information content (AvgIpc) is 2.73. The molecule has 4 heteroatoms. The van der Waals surface area contributed by atoms with Crippen molar-refractivity contribution in [2.45, 2.75) is 12.0 Å². The molecule has 0 radical (unpaired) electrons. The molecular formula is C10H8O4. The van der Waals surface area contributed by atoms with Crippen LogP contribution in [0.15, 0.2) is 18.2 Å². The summed E-state index contributed by atoms with van der Waals surface area (Å²) in [4.78, 5) is 10.7. The highest BCUT2D eigenvalue weighted by Gasteiger charge is 2.63. The predicted octanol–water partition coefficient (Wildman–Crippen LogP) is 0.951. The summed E-state index contributed by atoms with van der Waals surface area (Å²) in [6.07, 6.45) is -0.218. The van der Waals surface area contributed by atoms with Crippen molar-refractivity contribution in [3.05, 3.63) is 23.8 Å². The molecule has 1 unspecified atom stereocenters. The van der Waals surface area contributed by atoms with E-state index in [2.05, 4.69) is 0 Å². The van der Waals surface area contributed by atoms with Gasteiger partial charge in [-0.25, -0.2) is 0 Å². The molecule has 0 spiro atoms. The van der Waals surface area contributed by atoms with Crippen LogP contribution in [0.3, 0.4) is 0 Å². The zero-order chi connectivity index (χ0) is 9.87. The molecule has 1 aromatic rings. The van der Waals surface area contributed by atoms with Gasteiger partial charge in [0.1, 0.15) is 23.5 Å². The number of benzene rings is 1. The van der Waals surface area contributed by atoms with E-state index < -0.39 is 11.9 Å². The van der Waals surface area contributed by atoms with Gasteiger partial charge < -0.3 is 14.9 Å². The Hall–Kier alpha value is -1.71. The first-order valence-electron chi connectivity index (χ1n) is 4.41. The fourth-order valence-corrected chi connectivity index (χ4v) is 2.14. The van der Waals surface area contributed by atoms with E-state index in [1.165, 1.54) is 0 Å². The summed E-state index contributed by atoms with van der Waals surface area (Å²) < 4.78 is 5.42. The van der Waals surface area contributed by atoms with Crippen molar-refractivity contribution >= 4 is 5.97 Å². The van der Waals surface area contributed by atoms with Crippen LogP contribution in [0.2, 0.25) is 0 Å². The van der Waals surface area contributed by atoms with Crippen LogP contribution in [-0.2, 0) is 4.79 Å². The van der Waals surface area contributed by atoms with Crippen molar-refractivity contribution < 1.29 is 19.7 Å². The van der Waals surface area contributed by atoms with Crippen LogP contribution in [0, 0.1) is 5.92 Å². The minimum absolute atomic E-state index is 0.0606. The molecule has 0 saturated heterocycles. The highest BCUT2D eigenvalue weighted by Crippen LogP contribution is 2.58. The van der Waals surface area contributed by atoms with Crippen LogP contribution in [-0.4, -0.2) is 22.3 Å². The molecule has 2 aliphatic rings. The van der Waals surface area contributed by atoms with Gasteiger partial charge in [-0.05, 0) is 18.2 Å². The molecule has 0 amide bonds. The number of carboxylic acid groups (broad SMARTS) is 1. The Morgan fingerprint density at radius 1 is 1.43 bits per heavy atom. The maximum absolute atomic E-state index is 10.7. The lowest BCUT2D eigenvalue weighted by atomic mass is 10.1. The highest BCUT2D eigenvalue weighted by atomic mass is 16.5. The van der Waals surface area contributed by atoms with Crippen LogP contribution in [0.25, 0.3) is 0 Å². The second kappa shape index (κ2) is 2.20. The lowest BCUT2D eigenvalue weighted by Crippen LogP contribution is -2.08. The first kappa shape index (κ1) is 7.67. The molecule has 1 aromatic carbocycles. The van der Waals surface area contributed by atoms with Gasteiger partial charge >= 0.3 is 5.97 Å². The number of aliphatic carboxylic acids is 1. The molecule has 3 atom stereocenters. The van der Waals surface area contributed by atoms with Gasteiger partial charge in [0.15, 0.2) is 0 Å². The molecule has 1 fully saturated rings. The Balaban J connectivity index is 2.01. The number of phenols is 1. The van der Waals surface area contributed by atoms with Crippen LogP contribution < -0.4 is 4.74 Å². The highest BCUT2D eigenvalue weighted by molar-refractivity contribution is 5.79. The van der Waals surface area contributed by atoms with E-state index in [1.54, 1.807) is 18.2 Å². The molecule has 0 aromatic heterocycles. The molecule has 2 N–H and O–H groups in total. The zero-order valence-corrected chi connectivity index (χ0v) is 7.18. The van der Waals surface area contributed by atoms with Gasteiger partial charge in [-0.1, -0.05) is 0 Å². The minimum Gasteiger partial charge on any atom is -0.508 e. The number of hydrogen-bond acceptors (Lipinski definition) is 3. The van der Waals surface area contributed by atoms with Crippen LogP contribution >= 0.6 is 0 Å². The average molecular weight is 192 g/mol. The van der Waals surface area contributed by atoms with Crippen LogP contribution in [0.5, 0.6) is 11.5 Å². The van der Waals surface area contributed by atoms with Crippen molar-refractivity contribution in [3.8, 4) is 11.5 Å². The summed E-state index contributed by atoms with van der Waals surface area (Å²) in [5, 5.41) is 18.1. The van der Waals surface area contributed by atoms with Gasteiger partial charge in [0.2, 0.25) is 0 Å². The Morgan fingerprint density at radius 3 is 2.93 bits per heavy atom. The van der Waals surface area contributed by atoms with Crippen LogP contribution in [0.4, 0.5) is 0 Å². The van der Waals surface area contributed by atoms with Gasteiger partial charge in [-0.3, -0.25) is 4.79 Å². The van der Waals surface area contributed by atoms with Crippen LogP contribution in [0.1, 0.15) is 11.5 Å². The third-order valence-corrected chi connectivity index (χ3v) is 2.85. The fraction of sp³-hybridized carbons (Fsp3) is 0.300. The molecule has 14 heavy (non-hydrogen) atoms. The Kier molecular flexibility index (Phi) is 1.21. The Labute approximate surface area is 79.7 Å². The smallest absolute Gasteiger partial charge is 0.311 e. The van der Waals surface area contributed by atoms with Crippen molar-refractivity contribution in [2.75, 3.05) is 0 Å². The second-order valence-corrected chi connectivity index (χ2v) is 3.69. The first-order valence-corrected chi connectivity index (χ1v) is 4.41. The molecular weight excluding hydrogens is 184 g/mol. The normalized spacial score (nSPS) is 31.6. The lowest BCUT2D eigenvalue weighted by Gasteiger charge is -2.05. The van der Waals surface area contributed by atoms with E-state index in [0.717, 1.165) is 5.56 Å². The standard InChI is InChI=1S/C10H8O4/c11-4-1-2-6-5(3-4)7-8(10(12)13)9(7)14-6/h1-3,7-9,11H,(H,12,13)/t7-,8-,9?/m0/s1. The molecule has 1 aliphatic carbocycles. The van der Waals surface area contributed by atoms with Crippen molar-refractivity contribution in [1.29, 1.82) is 0 Å². The monoisotopic (exact) mass is 192 g/mol. The molecule has 72 valence electrons. The molecule has 4 nitrogen and oxygen atoms in total. The van der Waals surface area contributed by atoms with Gasteiger partial charge in [-0.15, -0.1) is 0 Å². The van der Waals surface area contributed by atoms with Crippen molar-refractivity contribution in [2.24, 2.45) is 5.92 Å².